The van der Waals surface area contributed by atoms with Crippen molar-refractivity contribution in [1.29, 1.82) is 0 Å². The number of anilines is 2. The fraction of sp³-hybridized carbons (Fsp3) is 0.583. The highest BCUT2D eigenvalue weighted by molar-refractivity contribution is 6.28. The summed E-state index contributed by atoms with van der Waals surface area (Å²) in [5.74, 6) is 1.16. The molecular weight excluding hydrogens is 250 g/mol. The molecular formula is C12H18ClN5. The molecule has 2 rings (SSSR count). The highest BCUT2D eigenvalue weighted by Crippen LogP contribution is 2.18. The van der Waals surface area contributed by atoms with Crippen LogP contribution in [0.15, 0.2) is 12.7 Å². The Morgan fingerprint density at radius 3 is 2.67 bits per heavy atom. The molecule has 0 amide bonds. The van der Waals surface area contributed by atoms with Crippen molar-refractivity contribution in [2.45, 2.75) is 32.2 Å². The van der Waals surface area contributed by atoms with Gasteiger partial charge in [-0.3, -0.25) is 0 Å². The molecule has 1 aliphatic heterocycles. The Bertz CT molecular complexity index is 417. The van der Waals surface area contributed by atoms with Crippen LogP contribution in [-0.2, 0) is 0 Å². The molecule has 18 heavy (non-hydrogen) atoms. The molecule has 1 aliphatic rings. The van der Waals surface area contributed by atoms with Gasteiger partial charge in [-0.15, -0.1) is 6.58 Å². The number of nitrogens with one attached hydrogen (secondary N) is 1. The number of piperidine rings is 1. The van der Waals surface area contributed by atoms with Crippen LogP contribution in [-0.4, -0.2) is 34.1 Å². The summed E-state index contributed by atoms with van der Waals surface area (Å²) in [5, 5.41) is 3.35. The van der Waals surface area contributed by atoms with Crippen LogP contribution < -0.4 is 10.2 Å². The lowest BCUT2D eigenvalue weighted by molar-refractivity contribution is 0.567. The fourth-order valence-corrected chi connectivity index (χ4v) is 2.06. The Morgan fingerprint density at radius 2 is 2.00 bits per heavy atom. The molecule has 0 radical (unpaired) electrons. The first-order valence-corrected chi connectivity index (χ1v) is 6.62. The van der Waals surface area contributed by atoms with E-state index in [0.717, 1.165) is 13.1 Å². The number of halogens is 1. The molecule has 1 fully saturated rings. The molecule has 0 saturated carbocycles. The van der Waals surface area contributed by atoms with E-state index in [-0.39, 0.29) is 11.3 Å². The Morgan fingerprint density at radius 1 is 1.28 bits per heavy atom. The van der Waals surface area contributed by atoms with E-state index in [2.05, 4.69) is 31.7 Å². The summed E-state index contributed by atoms with van der Waals surface area (Å²) in [6.07, 6.45) is 5.41. The van der Waals surface area contributed by atoms with Crippen molar-refractivity contribution in [2.75, 3.05) is 23.3 Å². The van der Waals surface area contributed by atoms with Gasteiger partial charge in [0.1, 0.15) is 0 Å². The van der Waals surface area contributed by atoms with Gasteiger partial charge in [0.25, 0.3) is 0 Å². The third-order valence-electron chi connectivity index (χ3n) is 2.95. The van der Waals surface area contributed by atoms with E-state index in [1.165, 1.54) is 19.3 Å². The lowest BCUT2D eigenvalue weighted by Gasteiger charge is -2.26. The normalized spacial score (nSPS) is 17.3. The average Bonchev–Trinajstić information content (AvgIpc) is 2.39. The van der Waals surface area contributed by atoms with E-state index in [1.54, 1.807) is 6.08 Å². The van der Waals surface area contributed by atoms with Crippen LogP contribution in [0, 0.1) is 0 Å². The third-order valence-corrected chi connectivity index (χ3v) is 3.11. The molecule has 0 bridgehead atoms. The van der Waals surface area contributed by atoms with Crippen LogP contribution in [0.5, 0.6) is 0 Å². The molecule has 6 heteroatoms. The molecule has 5 nitrogen and oxygen atoms in total. The van der Waals surface area contributed by atoms with Crippen molar-refractivity contribution in [1.82, 2.24) is 15.0 Å². The summed E-state index contributed by atoms with van der Waals surface area (Å²) in [5.41, 5.74) is 0. The standard InChI is InChI=1S/C12H18ClN5/c1-3-9(2)14-11-15-10(13)16-12(17-11)18-7-5-4-6-8-18/h3,9H,1,4-8H2,2H3,(H,14,15,16,17). The van der Waals surface area contributed by atoms with Gasteiger partial charge < -0.3 is 10.2 Å². The summed E-state index contributed by atoms with van der Waals surface area (Å²) in [6.45, 7) is 7.66. The topological polar surface area (TPSA) is 53.9 Å². The minimum Gasteiger partial charge on any atom is -0.348 e. The number of hydrogen-bond donors (Lipinski definition) is 1. The number of nitrogens with zero attached hydrogens (tertiary/aromatic N) is 4. The summed E-state index contributed by atoms with van der Waals surface area (Å²) >= 11 is 5.94. The van der Waals surface area contributed by atoms with Crippen LogP contribution in [0.3, 0.4) is 0 Å². The summed E-state index contributed by atoms with van der Waals surface area (Å²) in [6, 6.07) is 0.0951. The van der Waals surface area contributed by atoms with Crippen LogP contribution in [0.1, 0.15) is 26.2 Å². The molecule has 0 spiro atoms. The fourth-order valence-electron chi connectivity index (χ4n) is 1.90. The van der Waals surface area contributed by atoms with Gasteiger partial charge in [0.2, 0.25) is 17.2 Å². The molecule has 0 aromatic carbocycles. The maximum Gasteiger partial charge on any atom is 0.231 e. The Kier molecular flexibility index (Phi) is 4.36. The monoisotopic (exact) mass is 267 g/mol. The second-order valence-electron chi connectivity index (χ2n) is 4.44. The number of hydrogen-bond acceptors (Lipinski definition) is 5. The van der Waals surface area contributed by atoms with Gasteiger partial charge in [0, 0.05) is 19.1 Å². The van der Waals surface area contributed by atoms with Gasteiger partial charge in [0.05, 0.1) is 0 Å². The Balaban J connectivity index is 2.17. The van der Waals surface area contributed by atoms with Gasteiger partial charge in [-0.1, -0.05) is 6.08 Å². The molecule has 1 aromatic heterocycles. The Labute approximate surface area is 112 Å². The van der Waals surface area contributed by atoms with Gasteiger partial charge >= 0.3 is 0 Å². The minimum absolute atomic E-state index is 0.0951. The molecule has 1 atom stereocenters. The van der Waals surface area contributed by atoms with Crippen molar-refractivity contribution in [3.63, 3.8) is 0 Å². The molecule has 1 unspecified atom stereocenters. The zero-order valence-corrected chi connectivity index (χ0v) is 11.3. The molecule has 1 aromatic rings. The second kappa shape index (κ2) is 6.00. The van der Waals surface area contributed by atoms with E-state index in [0.29, 0.717) is 11.9 Å². The first-order valence-electron chi connectivity index (χ1n) is 6.24. The van der Waals surface area contributed by atoms with Gasteiger partial charge in [-0.25, -0.2) is 0 Å². The van der Waals surface area contributed by atoms with Gasteiger partial charge in [-0.2, -0.15) is 15.0 Å². The number of rotatable bonds is 4. The van der Waals surface area contributed by atoms with E-state index in [4.69, 9.17) is 11.6 Å². The summed E-state index contributed by atoms with van der Waals surface area (Å²) < 4.78 is 0. The first kappa shape index (κ1) is 13.1. The van der Waals surface area contributed by atoms with Crippen molar-refractivity contribution >= 4 is 23.5 Å². The zero-order valence-electron chi connectivity index (χ0n) is 10.6. The quantitative estimate of drug-likeness (QED) is 0.850. The lowest BCUT2D eigenvalue weighted by atomic mass is 10.1. The zero-order chi connectivity index (χ0) is 13.0. The van der Waals surface area contributed by atoms with Crippen LogP contribution >= 0.6 is 11.6 Å². The van der Waals surface area contributed by atoms with E-state index in [1.807, 2.05) is 6.92 Å². The smallest absolute Gasteiger partial charge is 0.231 e. The molecule has 2 heterocycles. The maximum absolute atomic E-state index is 5.94. The van der Waals surface area contributed by atoms with Crippen molar-refractivity contribution in [2.24, 2.45) is 0 Å². The van der Waals surface area contributed by atoms with Crippen molar-refractivity contribution in [3.05, 3.63) is 17.9 Å². The molecule has 98 valence electrons. The predicted molar refractivity (Wildman–Crippen MR) is 74.2 cm³/mol. The molecule has 1 saturated heterocycles. The van der Waals surface area contributed by atoms with Crippen LogP contribution in [0.4, 0.5) is 11.9 Å². The highest BCUT2D eigenvalue weighted by atomic mass is 35.5. The largest absolute Gasteiger partial charge is 0.348 e. The maximum atomic E-state index is 5.94. The lowest BCUT2D eigenvalue weighted by Crippen LogP contribution is -2.31. The third kappa shape index (κ3) is 3.32. The van der Waals surface area contributed by atoms with E-state index in [9.17, 15) is 0 Å². The minimum atomic E-state index is 0.0951. The molecule has 1 N–H and O–H groups in total. The van der Waals surface area contributed by atoms with E-state index < -0.39 is 0 Å². The SMILES string of the molecule is C=CC(C)Nc1nc(Cl)nc(N2CCCCC2)n1. The van der Waals surface area contributed by atoms with Crippen molar-refractivity contribution < 1.29 is 0 Å². The Hall–Kier alpha value is -1.36. The first-order chi connectivity index (χ1) is 8.69. The summed E-state index contributed by atoms with van der Waals surface area (Å²) in [7, 11) is 0. The second-order valence-corrected chi connectivity index (χ2v) is 4.78. The predicted octanol–water partition coefficient (Wildman–Crippen LogP) is 2.50. The molecule has 0 aliphatic carbocycles. The van der Waals surface area contributed by atoms with Gasteiger partial charge in [0.15, 0.2) is 0 Å². The highest BCUT2D eigenvalue weighted by Gasteiger charge is 2.15. The average molecular weight is 268 g/mol. The van der Waals surface area contributed by atoms with Crippen LogP contribution in [0.25, 0.3) is 0 Å². The van der Waals surface area contributed by atoms with Crippen LogP contribution in [0.2, 0.25) is 5.28 Å². The van der Waals surface area contributed by atoms with Gasteiger partial charge in [-0.05, 0) is 37.8 Å². The number of aromatic nitrogens is 3. The van der Waals surface area contributed by atoms with Crippen molar-refractivity contribution in [3.8, 4) is 0 Å². The summed E-state index contributed by atoms with van der Waals surface area (Å²) in [4.78, 5) is 14.8. The van der Waals surface area contributed by atoms with E-state index >= 15 is 0 Å².